The zero-order valence-electron chi connectivity index (χ0n) is 21.2. The summed E-state index contributed by atoms with van der Waals surface area (Å²) in [5, 5.41) is 5.88. The van der Waals surface area contributed by atoms with Crippen LogP contribution in [-0.2, 0) is 18.2 Å². The third kappa shape index (κ3) is 4.41. The lowest BCUT2D eigenvalue weighted by molar-refractivity contribution is 0.122. The molecule has 3 aromatic heterocycles. The van der Waals surface area contributed by atoms with Crippen molar-refractivity contribution in [2.24, 2.45) is 18.2 Å². The summed E-state index contributed by atoms with van der Waals surface area (Å²) in [5.74, 6) is 2.01. The van der Waals surface area contributed by atoms with E-state index in [1.54, 1.807) is 6.20 Å². The van der Waals surface area contributed by atoms with E-state index in [-0.39, 0.29) is 11.5 Å². The zero-order chi connectivity index (χ0) is 25.7. The number of hydrogen-bond acceptors (Lipinski definition) is 10. The smallest absolute Gasteiger partial charge is 0.158 e. The second-order valence-electron chi connectivity index (χ2n) is 10.2. The summed E-state index contributed by atoms with van der Waals surface area (Å²) in [5.41, 5.74) is 16.4. The highest BCUT2D eigenvalue weighted by molar-refractivity contribution is 7.99. The van der Waals surface area contributed by atoms with E-state index in [1.807, 2.05) is 24.7 Å². The predicted molar refractivity (Wildman–Crippen MR) is 145 cm³/mol. The monoisotopic (exact) mass is 541 g/mol. The largest absolute Gasteiger partial charge is 0.381 e. The number of nitrogen functional groups attached to an aromatic ring is 1. The lowest BCUT2D eigenvalue weighted by Gasteiger charge is -2.42. The molecule has 3 aromatic rings. The predicted octanol–water partition coefficient (Wildman–Crippen LogP) is 2.98. The van der Waals surface area contributed by atoms with Crippen molar-refractivity contribution < 1.29 is 4.74 Å². The van der Waals surface area contributed by atoms with E-state index < -0.39 is 0 Å². The quantitative estimate of drug-likeness (QED) is 0.509. The summed E-state index contributed by atoms with van der Waals surface area (Å²) >= 11 is 8.19. The van der Waals surface area contributed by atoms with Crippen molar-refractivity contribution in [3.63, 3.8) is 0 Å². The van der Waals surface area contributed by atoms with Crippen LogP contribution in [-0.4, -0.2) is 64.1 Å². The molecule has 4 N–H and O–H groups in total. The molecular weight excluding hydrogens is 510 g/mol. The van der Waals surface area contributed by atoms with Crippen LogP contribution in [0.25, 0.3) is 0 Å². The van der Waals surface area contributed by atoms with Gasteiger partial charge in [-0.3, -0.25) is 4.68 Å². The molecule has 1 atom stereocenters. The van der Waals surface area contributed by atoms with Gasteiger partial charge in [-0.15, -0.1) is 0 Å². The Hall–Kier alpha value is -2.60. The minimum atomic E-state index is 0.0295. The van der Waals surface area contributed by atoms with Gasteiger partial charge in [0, 0.05) is 62.1 Å². The average Bonchev–Trinajstić information content (AvgIpc) is 3.37. The maximum atomic E-state index is 6.76. The van der Waals surface area contributed by atoms with Gasteiger partial charge in [-0.25, -0.2) is 15.0 Å². The molecular formula is C25H32ClN9OS. The van der Waals surface area contributed by atoms with Gasteiger partial charge >= 0.3 is 0 Å². The molecule has 10 nitrogen and oxygen atoms in total. The second kappa shape index (κ2) is 9.61. The number of pyridine rings is 1. The molecule has 2 saturated heterocycles. The minimum absolute atomic E-state index is 0.0295. The molecule has 2 aliphatic heterocycles. The maximum absolute atomic E-state index is 6.76. The summed E-state index contributed by atoms with van der Waals surface area (Å²) < 4.78 is 7.33. The number of rotatable bonds is 4. The van der Waals surface area contributed by atoms with Crippen molar-refractivity contribution in [2.45, 2.75) is 42.1 Å². The Balaban J connectivity index is 1.17. The molecule has 1 spiro atoms. The molecule has 196 valence electrons. The van der Waals surface area contributed by atoms with Gasteiger partial charge in [0.1, 0.15) is 10.8 Å². The molecule has 0 saturated carbocycles. The van der Waals surface area contributed by atoms with E-state index in [9.17, 15) is 0 Å². The average molecular weight is 542 g/mol. The molecule has 0 radical (unpaired) electrons. The summed E-state index contributed by atoms with van der Waals surface area (Å²) in [6.45, 7) is 6.59. The van der Waals surface area contributed by atoms with Gasteiger partial charge in [0.15, 0.2) is 11.6 Å². The number of fused-ring (bicyclic) bond motifs is 1. The van der Waals surface area contributed by atoms with Crippen LogP contribution in [0.5, 0.6) is 0 Å². The Kier molecular flexibility index (Phi) is 6.42. The number of morpholine rings is 1. The normalized spacial score (nSPS) is 21.0. The molecule has 6 rings (SSSR count). The molecule has 1 aliphatic carbocycles. The number of anilines is 3. The summed E-state index contributed by atoms with van der Waals surface area (Å²) in [6, 6.07) is 1.92. The first-order valence-corrected chi connectivity index (χ1v) is 13.9. The van der Waals surface area contributed by atoms with Crippen LogP contribution in [0.3, 0.4) is 0 Å². The van der Waals surface area contributed by atoms with Gasteiger partial charge in [-0.05, 0) is 37.7 Å². The number of hydrogen-bond donors (Lipinski definition) is 2. The van der Waals surface area contributed by atoms with Crippen LogP contribution in [0, 0.1) is 12.3 Å². The van der Waals surface area contributed by atoms with Crippen molar-refractivity contribution in [2.75, 3.05) is 54.9 Å². The fourth-order valence-corrected chi connectivity index (χ4v) is 7.04. The van der Waals surface area contributed by atoms with Gasteiger partial charge < -0.3 is 26.0 Å². The van der Waals surface area contributed by atoms with Crippen LogP contribution in [0.15, 0.2) is 28.4 Å². The fraction of sp³-hybridized carbons (Fsp3) is 0.520. The summed E-state index contributed by atoms with van der Waals surface area (Å²) in [6.07, 6.45) is 6.77. The molecule has 3 aliphatic rings. The molecule has 37 heavy (non-hydrogen) atoms. The topological polar surface area (TPSA) is 124 Å². The maximum Gasteiger partial charge on any atom is 0.158 e. The Morgan fingerprint density at radius 2 is 1.84 bits per heavy atom. The highest BCUT2D eigenvalue weighted by Gasteiger charge is 2.47. The molecule has 2 fully saturated rings. The van der Waals surface area contributed by atoms with Crippen LogP contribution in [0.4, 0.5) is 17.5 Å². The number of piperidine rings is 1. The van der Waals surface area contributed by atoms with Crippen molar-refractivity contribution in [3.8, 4) is 0 Å². The lowest BCUT2D eigenvalue weighted by Crippen LogP contribution is -2.45. The highest BCUT2D eigenvalue weighted by atomic mass is 35.5. The Bertz CT molecular complexity index is 1320. The van der Waals surface area contributed by atoms with E-state index in [2.05, 4.69) is 26.1 Å². The second-order valence-corrected chi connectivity index (χ2v) is 11.6. The zero-order valence-corrected chi connectivity index (χ0v) is 22.7. The van der Waals surface area contributed by atoms with E-state index >= 15 is 0 Å². The molecule has 0 aromatic carbocycles. The molecule has 0 amide bonds. The Labute approximate surface area is 225 Å². The van der Waals surface area contributed by atoms with Crippen LogP contribution in [0.1, 0.15) is 35.8 Å². The van der Waals surface area contributed by atoms with Crippen molar-refractivity contribution in [3.05, 3.63) is 40.4 Å². The van der Waals surface area contributed by atoms with Crippen LogP contribution < -0.4 is 21.3 Å². The van der Waals surface area contributed by atoms with Gasteiger partial charge in [0.25, 0.3) is 0 Å². The first-order chi connectivity index (χ1) is 17.8. The van der Waals surface area contributed by atoms with Gasteiger partial charge in [0.05, 0.1) is 29.6 Å². The molecule has 12 heteroatoms. The molecule has 5 heterocycles. The number of aryl methyl sites for hydroxylation is 2. The molecule has 0 bridgehead atoms. The third-order valence-electron chi connectivity index (χ3n) is 7.90. The van der Waals surface area contributed by atoms with E-state index in [0.717, 1.165) is 73.4 Å². The van der Waals surface area contributed by atoms with Gasteiger partial charge in [-0.1, -0.05) is 23.4 Å². The minimum Gasteiger partial charge on any atom is -0.381 e. The number of halogens is 1. The number of nitrogens with two attached hydrogens (primary N) is 2. The van der Waals surface area contributed by atoms with Crippen molar-refractivity contribution in [1.29, 1.82) is 0 Å². The van der Waals surface area contributed by atoms with E-state index in [1.165, 1.54) is 17.3 Å². The third-order valence-corrected chi connectivity index (χ3v) is 9.44. The lowest BCUT2D eigenvalue weighted by atomic mass is 9.73. The number of nitrogens with zero attached hydrogens (tertiary/aromatic N) is 7. The Morgan fingerprint density at radius 1 is 1.11 bits per heavy atom. The summed E-state index contributed by atoms with van der Waals surface area (Å²) in [7, 11) is 1.96. The molecule has 0 unspecified atom stereocenters. The van der Waals surface area contributed by atoms with Gasteiger partial charge in [0.2, 0.25) is 0 Å². The highest BCUT2D eigenvalue weighted by Crippen LogP contribution is 2.51. The SMILES string of the molecule is Cc1nc(Sc2ccnc(N3CCOCC3)c2Cl)c(N)nc1N1CCC2(CC1)Cc1nn(C)cc1[C@H]2N. The van der Waals surface area contributed by atoms with E-state index in [4.69, 9.17) is 37.8 Å². The number of aromatic nitrogens is 5. The first-order valence-electron chi connectivity index (χ1n) is 12.7. The number of ether oxygens (including phenoxy) is 1. The van der Waals surface area contributed by atoms with Crippen molar-refractivity contribution >= 4 is 40.8 Å². The van der Waals surface area contributed by atoms with Crippen LogP contribution in [0.2, 0.25) is 5.02 Å². The van der Waals surface area contributed by atoms with Crippen LogP contribution >= 0.6 is 23.4 Å². The first kappa shape index (κ1) is 24.7. The Morgan fingerprint density at radius 3 is 2.57 bits per heavy atom. The fourth-order valence-electron chi connectivity index (χ4n) is 5.85. The summed E-state index contributed by atoms with van der Waals surface area (Å²) in [4.78, 5) is 19.4. The van der Waals surface area contributed by atoms with E-state index in [0.29, 0.717) is 29.1 Å². The standard InChI is InChI=1S/C25H32ClN9OS/c1-15-22(34-7-4-25(5-8-34)13-17-16(20(25)27)14-33(2)32-17)31-21(28)24(30-15)37-18-3-6-29-23(19(18)26)35-9-11-36-12-10-35/h3,6,14,20H,4-5,7-13,27H2,1-2H3,(H2,28,31)/t20-/m1/s1. The van der Waals surface area contributed by atoms with Crippen molar-refractivity contribution in [1.82, 2.24) is 24.7 Å². The van der Waals surface area contributed by atoms with Gasteiger partial charge in [-0.2, -0.15) is 5.10 Å².